The van der Waals surface area contributed by atoms with Crippen LogP contribution in [0.15, 0.2) is 46.2 Å². The fraction of sp³-hybridized carbons (Fsp3) is 0.214. The zero-order chi connectivity index (χ0) is 15.6. The van der Waals surface area contributed by atoms with Gasteiger partial charge in [0.2, 0.25) is 15.5 Å². The maximum atomic E-state index is 11.3. The molecule has 0 aliphatic heterocycles. The van der Waals surface area contributed by atoms with Crippen molar-refractivity contribution in [3.05, 3.63) is 58.0 Å². The number of aryl methyl sites for hydroxylation is 2. The van der Waals surface area contributed by atoms with Crippen molar-refractivity contribution in [2.45, 2.75) is 24.8 Å². The second-order valence-electron chi connectivity index (χ2n) is 4.75. The summed E-state index contributed by atoms with van der Waals surface area (Å²) in [5, 5.41) is 14.6. The molecule has 1 aromatic heterocycles. The highest BCUT2D eigenvalue weighted by Crippen LogP contribution is 2.12. The molecule has 1 aromatic carbocycles. The lowest BCUT2D eigenvalue weighted by atomic mass is 10.1. The van der Waals surface area contributed by atoms with Gasteiger partial charge in [-0.15, -0.1) is 0 Å². The van der Waals surface area contributed by atoms with E-state index >= 15 is 0 Å². The molecule has 0 amide bonds. The molecular formula is C14H16N2O4S. The Balaban J connectivity index is 2.14. The van der Waals surface area contributed by atoms with Crippen LogP contribution in [0, 0.1) is 6.92 Å². The molecule has 2 aromatic rings. The molecule has 0 saturated carbocycles. The van der Waals surface area contributed by atoms with Crippen LogP contribution in [0.5, 0.6) is 5.75 Å². The quantitative estimate of drug-likeness (QED) is 0.870. The topological polar surface area (TPSA) is 102 Å². The number of nitrogens with zero attached hydrogens (tertiary/aromatic N) is 1. The summed E-state index contributed by atoms with van der Waals surface area (Å²) in [6.45, 7) is 2.23. The van der Waals surface area contributed by atoms with Crippen LogP contribution in [0.1, 0.15) is 11.3 Å². The minimum atomic E-state index is -3.68. The first-order valence-electron chi connectivity index (χ1n) is 6.30. The first-order chi connectivity index (χ1) is 9.79. The highest BCUT2D eigenvalue weighted by Gasteiger charge is 2.08. The third kappa shape index (κ3) is 3.50. The van der Waals surface area contributed by atoms with E-state index in [1.165, 1.54) is 18.2 Å². The maximum Gasteiger partial charge on any atom is 0.238 e. The molecule has 2 rings (SSSR count). The van der Waals surface area contributed by atoms with Crippen molar-refractivity contribution in [3.63, 3.8) is 0 Å². The van der Waals surface area contributed by atoms with Crippen LogP contribution in [-0.4, -0.2) is 18.1 Å². The average molecular weight is 308 g/mol. The van der Waals surface area contributed by atoms with Crippen LogP contribution < -0.4 is 10.6 Å². The van der Waals surface area contributed by atoms with E-state index < -0.39 is 15.5 Å². The molecule has 0 bridgehead atoms. The van der Waals surface area contributed by atoms with E-state index in [4.69, 9.17) is 5.14 Å². The van der Waals surface area contributed by atoms with Gasteiger partial charge < -0.3 is 9.67 Å². The number of benzene rings is 1. The van der Waals surface area contributed by atoms with Crippen LogP contribution in [0.3, 0.4) is 0 Å². The predicted molar refractivity (Wildman–Crippen MR) is 78.6 cm³/mol. The number of aromatic hydroxyl groups is 1. The Kier molecular flexibility index (Phi) is 4.15. The molecule has 0 aliphatic carbocycles. The average Bonchev–Trinajstić information content (AvgIpc) is 2.43. The van der Waals surface area contributed by atoms with Gasteiger partial charge in [-0.3, -0.25) is 4.79 Å². The van der Waals surface area contributed by atoms with Gasteiger partial charge in [-0.1, -0.05) is 12.1 Å². The molecule has 1 heterocycles. The number of sulfonamides is 1. The van der Waals surface area contributed by atoms with Crippen molar-refractivity contribution in [1.82, 2.24) is 4.57 Å². The van der Waals surface area contributed by atoms with Gasteiger partial charge in [0.1, 0.15) is 0 Å². The van der Waals surface area contributed by atoms with Gasteiger partial charge in [0.25, 0.3) is 0 Å². The lowest BCUT2D eigenvalue weighted by Gasteiger charge is -2.11. The number of rotatable bonds is 4. The molecule has 6 nitrogen and oxygen atoms in total. The summed E-state index contributed by atoms with van der Waals surface area (Å²) >= 11 is 0. The largest absolute Gasteiger partial charge is 0.503 e. The molecule has 0 radical (unpaired) electrons. The minimum Gasteiger partial charge on any atom is -0.503 e. The normalized spacial score (nSPS) is 11.5. The number of nitrogens with two attached hydrogens (primary N) is 1. The molecule has 0 saturated heterocycles. The van der Waals surface area contributed by atoms with Crippen molar-refractivity contribution < 1.29 is 13.5 Å². The Labute approximate surface area is 122 Å². The summed E-state index contributed by atoms with van der Waals surface area (Å²) in [4.78, 5) is 11.3. The lowest BCUT2D eigenvalue weighted by Crippen LogP contribution is -2.12. The molecule has 112 valence electrons. The Morgan fingerprint density at radius 2 is 1.81 bits per heavy atom. The number of primary sulfonamides is 1. The van der Waals surface area contributed by atoms with Crippen molar-refractivity contribution in [2.75, 3.05) is 0 Å². The molecule has 0 aliphatic rings. The third-order valence-corrected chi connectivity index (χ3v) is 4.24. The van der Waals surface area contributed by atoms with Crippen molar-refractivity contribution in [3.8, 4) is 5.75 Å². The van der Waals surface area contributed by atoms with Gasteiger partial charge in [-0.25, -0.2) is 13.6 Å². The van der Waals surface area contributed by atoms with E-state index in [2.05, 4.69) is 0 Å². The van der Waals surface area contributed by atoms with Gasteiger partial charge in [-0.2, -0.15) is 0 Å². The van der Waals surface area contributed by atoms with E-state index in [1.807, 2.05) is 0 Å². The molecule has 7 heteroatoms. The van der Waals surface area contributed by atoms with Crippen molar-refractivity contribution >= 4 is 10.0 Å². The Bertz CT molecular complexity index is 808. The predicted octanol–water partition coefficient (Wildman–Crippen LogP) is 0.752. The summed E-state index contributed by atoms with van der Waals surface area (Å²) in [7, 11) is -3.68. The lowest BCUT2D eigenvalue weighted by molar-refractivity contribution is 0.453. The zero-order valence-electron chi connectivity index (χ0n) is 11.5. The van der Waals surface area contributed by atoms with Gasteiger partial charge in [0.05, 0.1) is 10.6 Å². The number of aromatic nitrogens is 1. The molecular weight excluding hydrogens is 292 g/mol. The first kappa shape index (κ1) is 15.3. The highest BCUT2D eigenvalue weighted by atomic mass is 32.2. The molecule has 21 heavy (non-hydrogen) atoms. The van der Waals surface area contributed by atoms with Crippen molar-refractivity contribution in [1.29, 1.82) is 0 Å². The van der Waals surface area contributed by atoms with Gasteiger partial charge in [0.15, 0.2) is 5.75 Å². The molecule has 0 unspecified atom stereocenters. The van der Waals surface area contributed by atoms with E-state index in [0.717, 1.165) is 5.56 Å². The Hall–Kier alpha value is -2.12. The highest BCUT2D eigenvalue weighted by molar-refractivity contribution is 7.89. The van der Waals surface area contributed by atoms with Crippen LogP contribution in [0.25, 0.3) is 0 Å². The van der Waals surface area contributed by atoms with Gasteiger partial charge in [0, 0.05) is 18.8 Å². The van der Waals surface area contributed by atoms with Crippen LogP contribution in [-0.2, 0) is 23.0 Å². The summed E-state index contributed by atoms with van der Waals surface area (Å²) in [5.74, 6) is -0.248. The molecule has 0 atom stereocenters. The fourth-order valence-corrected chi connectivity index (χ4v) is 2.52. The van der Waals surface area contributed by atoms with Crippen LogP contribution >= 0.6 is 0 Å². The number of hydrogen-bond donors (Lipinski definition) is 2. The number of hydrogen-bond acceptors (Lipinski definition) is 4. The summed E-state index contributed by atoms with van der Waals surface area (Å²) in [6.07, 6.45) is 2.25. The minimum absolute atomic E-state index is 0.0726. The summed E-state index contributed by atoms with van der Waals surface area (Å²) in [5.41, 5.74) is 1.03. The molecule has 0 fully saturated rings. The summed E-state index contributed by atoms with van der Waals surface area (Å²) < 4.78 is 24.1. The van der Waals surface area contributed by atoms with E-state index in [9.17, 15) is 18.3 Å². The smallest absolute Gasteiger partial charge is 0.238 e. The standard InChI is InChI=1S/C14H16N2O4S/c1-10-14(18)13(17)7-9-16(10)8-6-11-2-4-12(5-3-11)21(15,19)20/h2-5,7,9,18H,6,8H2,1H3,(H2,15,19,20). The first-order valence-corrected chi connectivity index (χ1v) is 7.84. The second-order valence-corrected chi connectivity index (χ2v) is 6.31. The Morgan fingerprint density at radius 1 is 1.19 bits per heavy atom. The van der Waals surface area contributed by atoms with E-state index in [0.29, 0.717) is 18.7 Å². The summed E-state index contributed by atoms with van der Waals surface area (Å²) in [6, 6.07) is 7.61. The monoisotopic (exact) mass is 308 g/mol. The van der Waals surface area contributed by atoms with Crippen LogP contribution in [0.2, 0.25) is 0 Å². The van der Waals surface area contributed by atoms with Crippen molar-refractivity contribution in [2.24, 2.45) is 5.14 Å². The second kappa shape index (κ2) is 5.71. The van der Waals surface area contributed by atoms with Gasteiger partial charge in [-0.05, 0) is 31.0 Å². The zero-order valence-corrected chi connectivity index (χ0v) is 12.3. The molecule has 0 spiro atoms. The van der Waals surface area contributed by atoms with Crippen LogP contribution in [0.4, 0.5) is 0 Å². The SMILES string of the molecule is Cc1c(O)c(=O)ccn1CCc1ccc(S(N)(=O)=O)cc1. The third-order valence-electron chi connectivity index (χ3n) is 3.31. The van der Waals surface area contributed by atoms with Gasteiger partial charge >= 0.3 is 0 Å². The van der Waals surface area contributed by atoms with E-state index in [1.54, 1.807) is 29.8 Å². The maximum absolute atomic E-state index is 11.3. The molecule has 3 N–H and O–H groups in total. The number of pyridine rings is 1. The van der Waals surface area contributed by atoms with E-state index in [-0.39, 0.29) is 10.6 Å². The Morgan fingerprint density at radius 3 is 2.38 bits per heavy atom. The fourth-order valence-electron chi connectivity index (χ4n) is 2.00.